The molecule has 0 aromatic carbocycles. The van der Waals surface area contributed by atoms with Gasteiger partial charge in [0.25, 0.3) is 0 Å². The summed E-state index contributed by atoms with van der Waals surface area (Å²) in [7, 11) is 1.22. The highest BCUT2D eigenvalue weighted by atomic mass is 35.5. The Morgan fingerprint density at radius 2 is 2.15 bits per heavy atom. The molecule has 0 unspecified atom stereocenters. The minimum Gasteiger partial charge on any atom is -0.507 e. The summed E-state index contributed by atoms with van der Waals surface area (Å²) in [5, 5.41) is 9.41. The highest BCUT2D eigenvalue weighted by Crippen LogP contribution is 2.13. The summed E-state index contributed by atoms with van der Waals surface area (Å²) in [6.45, 7) is 4.96. The minimum atomic E-state index is -0.655. The Labute approximate surface area is 82.0 Å². The summed E-state index contributed by atoms with van der Waals surface area (Å²) in [5.74, 6) is -0.842. The molecule has 0 aliphatic heterocycles. The number of hydrogen-bond donors (Lipinski definition) is 1. The van der Waals surface area contributed by atoms with Crippen LogP contribution in [0.4, 0.5) is 0 Å². The van der Waals surface area contributed by atoms with Crippen molar-refractivity contribution < 1.29 is 14.6 Å². The van der Waals surface area contributed by atoms with Crippen LogP contribution in [0.3, 0.4) is 0 Å². The second-order valence-electron chi connectivity index (χ2n) is 2.17. The van der Waals surface area contributed by atoms with E-state index in [9.17, 15) is 9.90 Å². The topological polar surface area (TPSA) is 46.5 Å². The van der Waals surface area contributed by atoms with Gasteiger partial charge in [0, 0.05) is 5.03 Å². The first-order chi connectivity index (χ1) is 6.02. The Balaban J connectivity index is 4.98. The molecule has 13 heavy (non-hydrogen) atoms. The van der Waals surface area contributed by atoms with E-state index in [1.165, 1.54) is 19.3 Å². The lowest BCUT2D eigenvalue weighted by molar-refractivity contribution is -0.136. The zero-order chi connectivity index (χ0) is 10.4. The number of ether oxygens (including phenoxy) is 1. The van der Waals surface area contributed by atoms with E-state index < -0.39 is 5.97 Å². The van der Waals surface area contributed by atoms with Gasteiger partial charge < -0.3 is 9.84 Å². The largest absolute Gasteiger partial charge is 0.507 e. The molecule has 0 bridgehead atoms. The average Bonchev–Trinajstić information content (AvgIpc) is 2.11. The van der Waals surface area contributed by atoms with E-state index in [1.54, 1.807) is 6.92 Å². The summed E-state index contributed by atoms with van der Waals surface area (Å²) < 4.78 is 4.43. The van der Waals surface area contributed by atoms with Crippen LogP contribution in [0.2, 0.25) is 0 Å². The highest BCUT2D eigenvalue weighted by molar-refractivity contribution is 6.31. The molecular formula is C9H11ClO3. The Morgan fingerprint density at radius 3 is 2.46 bits per heavy atom. The van der Waals surface area contributed by atoms with Crippen molar-refractivity contribution in [1.29, 1.82) is 0 Å². The molecule has 1 N–H and O–H groups in total. The van der Waals surface area contributed by atoms with E-state index in [1.807, 2.05) is 0 Å². The van der Waals surface area contributed by atoms with Crippen LogP contribution in [0.5, 0.6) is 0 Å². The molecule has 3 nitrogen and oxygen atoms in total. The van der Waals surface area contributed by atoms with Crippen LogP contribution in [-0.4, -0.2) is 18.2 Å². The van der Waals surface area contributed by atoms with E-state index in [0.29, 0.717) is 0 Å². The first-order valence-corrected chi connectivity index (χ1v) is 3.90. The van der Waals surface area contributed by atoms with Gasteiger partial charge in [-0.2, -0.15) is 0 Å². The van der Waals surface area contributed by atoms with Gasteiger partial charge in [0.2, 0.25) is 0 Å². The van der Waals surface area contributed by atoms with Crippen LogP contribution in [-0.2, 0) is 9.53 Å². The second kappa shape index (κ2) is 5.43. The van der Waals surface area contributed by atoms with Gasteiger partial charge in [-0.3, -0.25) is 0 Å². The fraction of sp³-hybridized carbons (Fsp3) is 0.222. The number of aliphatic hydroxyl groups excluding tert-OH is 1. The second-order valence-corrected chi connectivity index (χ2v) is 2.66. The van der Waals surface area contributed by atoms with Gasteiger partial charge in [-0.1, -0.05) is 18.2 Å². The van der Waals surface area contributed by atoms with Gasteiger partial charge in [0.1, 0.15) is 11.3 Å². The van der Waals surface area contributed by atoms with E-state index in [0.717, 1.165) is 0 Å². The number of methoxy groups -OCH3 is 1. The van der Waals surface area contributed by atoms with Crippen molar-refractivity contribution in [3.8, 4) is 0 Å². The van der Waals surface area contributed by atoms with E-state index in [2.05, 4.69) is 11.3 Å². The monoisotopic (exact) mass is 202 g/mol. The minimum absolute atomic E-state index is 0.00926. The molecule has 4 heteroatoms. The third kappa shape index (κ3) is 3.80. The molecule has 0 atom stereocenters. The number of aliphatic hydroxyl groups is 1. The fourth-order valence-electron chi connectivity index (χ4n) is 0.660. The molecule has 0 amide bonds. The standard InChI is InChI=1S/C9H11ClO3/c1-4-8(11)7(5-6(2)10)9(12)13-3/h4-5,11H,2H2,1,3H3/b7-5+,8-4+. The van der Waals surface area contributed by atoms with Crippen LogP contribution < -0.4 is 0 Å². The summed E-state index contributed by atoms with van der Waals surface area (Å²) in [5.41, 5.74) is -0.00926. The lowest BCUT2D eigenvalue weighted by atomic mass is 10.2. The third-order valence-electron chi connectivity index (χ3n) is 1.26. The average molecular weight is 203 g/mol. The summed E-state index contributed by atoms with van der Waals surface area (Å²) in [6.07, 6.45) is 2.60. The smallest absolute Gasteiger partial charge is 0.341 e. The van der Waals surface area contributed by atoms with Crippen molar-refractivity contribution in [2.75, 3.05) is 7.11 Å². The van der Waals surface area contributed by atoms with E-state index in [4.69, 9.17) is 11.6 Å². The van der Waals surface area contributed by atoms with Gasteiger partial charge >= 0.3 is 5.97 Å². The Bertz CT molecular complexity index is 277. The van der Waals surface area contributed by atoms with Gasteiger partial charge in [0.05, 0.1) is 7.11 Å². The molecule has 0 fully saturated rings. The summed E-state index contributed by atoms with van der Waals surface area (Å²) in [4.78, 5) is 11.1. The first kappa shape index (κ1) is 11.8. The number of carbonyl (C=O) groups excluding carboxylic acids is 1. The molecule has 72 valence electrons. The molecule has 0 heterocycles. The van der Waals surface area contributed by atoms with Crippen molar-refractivity contribution in [2.24, 2.45) is 0 Å². The predicted octanol–water partition coefficient (Wildman–Crippen LogP) is 2.30. The molecule has 0 spiro atoms. The highest BCUT2D eigenvalue weighted by Gasteiger charge is 2.13. The van der Waals surface area contributed by atoms with Crippen molar-refractivity contribution in [1.82, 2.24) is 0 Å². The normalized spacial score (nSPS) is 12.5. The Hall–Kier alpha value is -1.22. The number of halogens is 1. The quantitative estimate of drug-likeness (QED) is 0.331. The van der Waals surface area contributed by atoms with Crippen molar-refractivity contribution in [2.45, 2.75) is 6.92 Å². The number of hydrogen-bond acceptors (Lipinski definition) is 3. The maximum atomic E-state index is 11.1. The fourth-order valence-corrected chi connectivity index (χ4v) is 0.769. The number of rotatable bonds is 3. The maximum Gasteiger partial charge on any atom is 0.341 e. The Morgan fingerprint density at radius 1 is 1.62 bits per heavy atom. The molecule has 0 rings (SSSR count). The molecule has 0 aliphatic carbocycles. The Kier molecular flexibility index (Phi) is 4.92. The van der Waals surface area contributed by atoms with Crippen LogP contribution in [0.15, 0.2) is 35.1 Å². The molecule has 0 radical (unpaired) electrons. The van der Waals surface area contributed by atoms with Gasteiger partial charge in [0.15, 0.2) is 0 Å². The molecule has 0 saturated heterocycles. The molecular weight excluding hydrogens is 192 g/mol. The lowest BCUT2D eigenvalue weighted by Crippen LogP contribution is -2.07. The van der Waals surface area contributed by atoms with Crippen molar-refractivity contribution in [3.63, 3.8) is 0 Å². The zero-order valence-electron chi connectivity index (χ0n) is 7.50. The van der Waals surface area contributed by atoms with Crippen LogP contribution in [0.25, 0.3) is 0 Å². The van der Waals surface area contributed by atoms with E-state index >= 15 is 0 Å². The van der Waals surface area contributed by atoms with Crippen LogP contribution >= 0.6 is 11.6 Å². The molecule has 0 aliphatic rings. The van der Waals surface area contributed by atoms with E-state index in [-0.39, 0.29) is 16.4 Å². The summed E-state index contributed by atoms with van der Waals surface area (Å²) in [6, 6.07) is 0. The number of allylic oxidation sites excluding steroid dienone is 3. The number of esters is 1. The zero-order valence-corrected chi connectivity index (χ0v) is 8.26. The predicted molar refractivity (Wildman–Crippen MR) is 51.5 cm³/mol. The molecule has 0 aromatic rings. The summed E-state index contributed by atoms with van der Waals surface area (Å²) >= 11 is 5.46. The van der Waals surface area contributed by atoms with Gasteiger partial charge in [-0.15, -0.1) is 0 Å². The van der Waals surface area contributed by atoms with Crippen molar-refractivity contribution in [3.05, 3.63) is 35.1 Å². The van der Waals surface area contributed by atoms with Gasteiger partial charge in [-0.05, 0) is 19.1 Å². The molecule has 0 aromatic heterocycles. The van der Waals surface area contributed by atoms with Gasteiger partial charge in [-0.25, -0.2) is 4.79 Å². The first-order valence-electron chi connectivity index (χ1n) is 3.53. The lowest BCUT2D eigenvalue weighted by Gasteiger charge is -2.03. The SMILES string of the molecule is C=C(Cl)/C=C(C(=O)OC)\C(O)=C/C. The van der Waals surface area contributed by atoms with Crippen LogP contribution in [0.1, 0.15) is 6.92 Å². The molecule has 0 saturated carbocycles. The van der Waals surface area contributed by atoms with Crippen molar-refractivity contribution >= 4 is 17.6 Å². The van der Waals surface area contributed by atoms with Crippen LogP contribution in [0, 0.1) is 0 Å². The third-order valence-corrected chi connectivity index (χ3v) is 1.36. The number of carbonyl (C=O) groups is 1. The maximum absolute atomic E-state index is 11.1.